The van der Waals surface area contributed by atoms with Crippen molar-refractivity contribution in [3.05, 3.63) is 29.3 Å². The van der Waals surface area contributed by atoms with Crippen LogP contribution < -0.4 is 4.90 Å². The molecule has 1 saturated heterocycles. The molecule has 1 unspecified atom stereocenters. The van der Waals surface area contributed by atoms with E-state index in [4.69, 9.17) is 16.7 Å². The number of para-hydroxylation sites is 1. The van der Waals surface area contributed by atoms with Crippen LogP contribution >= 0.6 is 11.6 Å². The number of carboxylic acids is 1. The predicted molar refractivity (Wildman–Crippen MR) is 78.4 cm³/mol. The topological polar surface area (TPSA) is 64.0 Å². The van der Waals surface area contributed by atoms with E-state index >= 15 is 0 Å². The molecule has 6 heteroatoms. The van der Waals surface area contributed by atoms with Gasteiger partial charge in [-0.25, -0.2) is 4.79 Å². The maximum Gasteiger partial charge on any atom is 0.336 e. The molecule has 1 aromatic carbocycles. The average Bonchev–Trinajstić information content (AvgIpc) is 2.40. The third-order valence-corrected chi connectivity index (χ3v) is 3.88. The van der Waals surface area contributed by atoms with Crippen LogP contribution in [0.2, 0.25) is 5.02 Å². The lowest BCUT2D eigenvalue weighted by molar-refractivity contribution is -0.158. The standard InChI is InChI=1S/C14H19ClN2O3/c1-14(20,13(18)19)10-16-6-8-17(9-7-16)12-5-3-2-4-11(12)15/h2-5,20H,6-10H2,1H3,(H,18,19). The zero-order valence-corrected chi connectivity index (χ0v) is 12.2. The van der Waals surface area contributed by atoms with Gasteiger partial charge in [-0.2, -0.15) is 0 Å². The molecule has 0 aromatic heterocycles. The monoisotopic (exact) mass is 298 g/mol. The van der Waals surface area contributed by atoms with E-state index in [0.29, 0.717) is 13.1 Å². The van der Waals surface area contributed by atoms with Crippen LogP contribution in [0.3, 0.4) is 0 Å². The molecule has 0 spiro atoms. The van der Waals surface area contributed by atoms with Crippen LogP contribution in [0.15, 0.2) is 24.3 Å². The summed E-state index contributed by atoms with van der Waals surface area (Å²) in [5.74, 6) is -1.19. The molecule has 0 aliphatic carbocycles. The highest BCUT2D eigenvalue weighted by atomic mass is 35.5. The molecule has 5 nitrogen and oxygen atoms in total. The molecule has 20 heavy (non-hydrogen) atoms. The highest BCUT2D eigenvalue weighted by Gasteiger charge is 2.33. The molecule has 0 amide bonds. The largest absolute Gasteiger partial charge is 0.479 e. The summed E-state index contributed by atoms with van der Waals surface area (Å²) in [6.07, 6.45) is 0. The summed E-state index contributed by atoms with van der Waals surface area (Å²) in [6.45, 7) is 4.40. The molecular weight excluding hydrogens is 280 g/mol. The summed E-state index contributed by atoms with van der Waals surface area (Å²) < 4.78 is 0. The maximum absolute atomic E-state index is 10.9. The van der Waals surface area contributed by atoms with Gasteiger partial charge in [-0.15, -0.1) is 0 Å². The molecule has 1 aliphatic heterocycles. The number of nitrogens with zero attached hydrogens (tertiary/aromatic N) is 2. The minimum atomic E-state index is -1.70. The van der Waals surface area contributed by atoms with Crippen LogP contribution in [-0.4, -0.2) is 59.4 Å². The van der Waals surface area contributed by atoms with Crippen molar-refractivity contribution in [2.45, 2.75) is 12.5 Å². The van der Waals surface area contributed by atoms with E-state index in [1.807, 2.05) is 29.2 Å². The van der Waals surface area contributed by atoms with Crippen molar-refractivity contribution < 1.29 is 15.0 Å². The normalized spacial score (nSPS) is 19.6. The summed E-state index contributed by atoms with van der Waals surface area (Å²) in [4.78, 5) is 15.1. The van der Waals surface area contributed by atoms with Crippen molar-refractivity contribution in [1.29, 1.82) is 0 Å². The Morgan fingerprint density at radius 1 is 1.30 bits per heavy atom. The van der Waals surface area contributed by atoms with E-state index in [-0.39, 0.29) is 6.54 Å². The lowest BCUT2D eigenvalue weighted by Gasteiger charge is -2.38. The second-order valence-corrected chi connectivity index (χ2v) is 5.70. The van der Waals surface area contributed by atoms with E-state index in [1.54, 1.807) is 0 Å². The number of aliphatic carboxylic acids is 1. The molecule has 0 bridgehead atoms. The minimum Gasteiger partial charge on any atom is -0.479 e. The van der Waals surface area contributed by atoms with Gasteiger partial charge in [0.15, 0.2) is 5.60 Å². The Balaban J connectivity index is 1.93. The third kappa shape index (κ3) is 3.42. The second-order valence-electron chi connectivity index (χ2n) is 5.29. The van der Waals surface area contributed by atoms with Gasteiger partial charge in [-0.05, 0) is 19.1 Å². The van der Waals surface area contributed by atoms with Crippen molar-refractivity contribution in [1.82, 2.24) is 4.90 Å². The van der Waals surface area contributed by atoms with Gasteiger partial charge in [0.25, 0.3) is 0 Å². The summed E-state index contributed by atoms with van der Waals surface area (Å²) in [5, 5.41) is 19.4. The number of halogens is 1. The SMILES string of the molecule is CC(O)(CN1CCN(c2ccccc2Cl)CC1)C(=O)O. The highest BCUT2D eigenvalue weighted by Crippen LogP contribution is 2.26. The Labute approximate surface area is 123 Å². The predicted octanol–water partition coefficient (Wildman–Crippen LogP) is 1.30. The Morgan fingerprint density at radius 2 is 1.90 bits per heavy atom. The lowest BCUT2D eigenvalue weighted by atomic mass is 10.1. The molecule has 1 aliphatic rings. The molecule has 2 N–H and O–H groups in total. The number of β-amino-alcohol motifs (C(OH)–C–C–N with tert-alkyl or cyclic N) is 1. The first-order valence-electron chi connectivity index (χ1n) is 6.58. The molecule has 2 rings (SSSR count). The molecule has 1 aromatic rings. The highest BCUT2D eigenvalue weighted by molar-refractivity contribution is 6.33. The van der Waals surface area contributed by atoms with Gasteiger partial charge in [0.1, 0.15) is 0 Å². The van der Waals surface area contributed by atoms with Gasteiger partial charge in [0, 0.05) is 32.7 Å². The number of hydrogen-bond acceptors (Lipinski definition) is 4. The minimum absolute atomic E-state index is 0.138. The quantitative estimate of drug-likeness (QED) is 0.877. The van der Waals surface area contributed by atoms with Gasteiger partial charge in [-0.1, -0.05) is 23.7 Å². The molecule has 0 radical (unpaired) electrons. The van der Waals surface area contributed by atoms with E-state index in [0.717, 1.165) is 23.8 Å². The van der Waals surface area contributed by atoms with E-state index < -0.39 is 11.6 Å². The van der Waals surface area contributed by atoms with Gasteiger partial charge in [-0.3, -0.25) is 4.90 Å². The first-order valence-corrected chi connectivity index (χ1v) is 6.95. The van der Waals surface area contributed by atoms with Crippen LogP contribution in [0.4, 0.5) is 5.69 Å². The van der Waals surface area contributed by atoms with E-state index in [9.17, 15) is 9.90 Å². The van der Waals surface area contributed by atoms with Crippen LogP contribution in [0, 0.1) is 0 Å². The first-order chi connectivity index (χ1) is 9.40. The van der Waals surface area contributed by atoms with Crippen molar-refractivity contribution in [2.75, 3.05) is 37.6 Å². The Morgan fingerprint density at radius 3 is 2.45 bits per heavy atom. The van der Waals surface area contributed by atoms with Crippen molar-refractivity contribution in [2.24, 2.45) is 0 Å². The molecule has 1 fully saturated rings. The smallest absolute Gasteiger partial charge is 0.336 e. The number of carbonyl (C=O) groups is 1. The summed E-state index contributed by atoms with van der Waals surface area (Å²) >= 11 is 6.17. The Hall–Kier alpha value is -1.30. The molecule has 110 valence electrons. The van der Waals surface area contributed by atoms with E-state index in [1.165, 1.54) is 6.92 Å². The van der Waals surface area contributed by atoms with Gasteiger partial charge in [0.2, 0.25) is 0 Å². The van der Waals surface area contributed by atoms with Gasteiger partial charge >= 0.3 is 5.97 Å². The first kappa shape index (κ1) is 15.1. The van der Waals surface area contributed by atoms with Gasteiger partial charge in [0.05, 0.1) is 10.7 Å². The zero-order valence-electron chi connectivity index (χ0n) is 11.4. The molecular formula is C14H19ClN2O3. The fraction of sp³-hybridized carbons (Fsp3) is 0.500. The number of benzene rings is 1. The summed E-state index contributed by atoms with van der Waals surface area (Å²) in [6, 6.07) is 7.68. The maximum atomic E-state index is 10.9. The Kier molecular flexibility index (Phi) is 4.52. The molecule has 1 atom stereocenters. The average molecular weight is 299 g/mol. The lowest BCUT2D eigenvalue weighted by Crippen LogP contribution is -2.53. The fourth-order valence-electron chi connectivity index (χ4n) is 2.36. The van der Waals surface area contributed by atoms with E-state index in [2.05, 4.69) is 4.90 Å². The van der Waals surface area contributed by atoms with Crippen molar-refractivity contribution >= 4 is 23.3 Å². The van der Waals surface area contributed by atoms with Crippen LogP contribution in [0.25, 0.3) is 0 Å². The fourth-order valence-corrected chi connectivity index (χ4v) is 2.61. The number of piperazine rings is 1. The number of hydrogen-bond donors (Lipinski definition) is 2. The van der Waals surface area contributed by atoms with Crippen molar-refractivity contribution in [3.63, 3.8) is 0 Å². The Bertz CT molecular complexity index is 485. The summed E-state index contributed by atoms with van der Waals surface area (Å²) in [7, 11) is 0. The van der Waals surface area contributed by atoms with Crippen LogP contribution in [0.5, 0.6) is 0 Å². The van der Waals surface area contributed by atoms with Crippen molar-refractivity contribution in [3.8, 4) is 0 Å². The number of carboxylic acid groups (broad SMARTS) is 1. The third-order valence-electron chi connectivity index (χ3n) is 3.56. The summed E-state index contributed by atoms with van der Waals surface area (Å²) in [5.41, 5.74) is -0.703. The number of aliphatic hydroxyl groups is 1. The number of rotatable bonds is 4. The molecule has 1 heterocycles. The second kappa shape index (κ2) is 5.99. The zero-order chi connectivity index (χ0) is 14.8. The number of anilines is 1. The molecule has 0 saturated carbocycles. The van der Waals surface area contributed by atoms with Crippen LogP contribution in [0.1, 0.15) is 6.92 Å². The van der Waals surface area contributed by atoms with Gasteiger partial charge < -0.3 is 15.1 Å². The van der Waals surface area contributed by atoms with Crippen LogP contribution in [-0.2, 0) is 4.79 Å².